The number of hydrogen-bond acceptors (Lipinski definition) is 5. The highest BCUT2D eigenvalue weighted by atomic mass is 35.5. The highest BCUT2D eigenvalue weighted by Gasteiger charge is 2.35. The van der Waals surface area contributed by atoms with Crippen LogP contribution in [0.25, 0.3) is 0 Å². The van der Waals surface area contributed by atoms with Crippen LogP contribution in [-0.2, 0) is 31.3 Å². The van der Waals surface area contributed by atoms with Crippen LogP contribution in [0.1, 0.15) is 18.4 Å². The van der Waals surface area contributed by atoms with Gasteiger partial charge in [0, 0.05) is 35.4 Å². The predicted molar refractivity (Wildman–Crippen MR) is 153 cm³/mol. The smallest absolute Gasteiger partial charge is 0.264 e. The van der Waals surface area contributed by atoms with Gasteiger partial charge in [-0.2, -0.15) is 4.31 Å². The molecule has 206 valence electrons. The number of piperidine rings is 1. The van der Waals surface area contributed by atoms with Crippen LogP contribution >= 0.6 is 34.8 Å². The number of rotatable bonds is 6. The maximum Gasteiger partial charge on any atom is 0.264 e. The molecule has 0 aliphatic carbocycles. The molecule has 1 amide bonds. The second-order valence-electron chi connectivity index (χ2n) is 9.39. The SMILES string of the molecule is O=C(Nc1ccc2c(c1)N(S(=O)(=O)c1ccc(Cl)cc1)CC2)[C@@H]1CCCN(S(=O)(=O)c2cc(Cl)ccc2Cl)C1. The molecule has 1 saturated heterocycles. The van der Waals surface area contributed by atoms with Gasteiger partial charge in [-0.05, 0) is 79.4 Å². The van der Waals surface area contributed by atoms with Crippen molar-refractivity contribution in [3.8, 4) is 0 Å². The maximum absolute atomic E-state index is 13.3. The van der Waals surface area contributed by atoms with Gasteiger partial charge in [-0.3, -0.25) is 9.10 Å². The number of carbonyl (C=O) groups excluding carboxylic acids is 1. The minimum Gasteiger partial charge on any atom is -0.326 e. The summed E-state index contributed by atoms with van der Waals surface area (Å²) < 4.78 is 55.7. The Hall–Kier alpha value is -2.34. The first kappa shape index (κ1) is 28.2. The van der Waals surface area contributed by atoms with Crippen LogP contribution in [0.3, 0.4) is 0 Å². The lowest BCUT2D eigenvalue weighted by Gasteiger charge is -2.31. The first-order chi connectivity index (χ1) is 18.5. The molecule has 0 spiro atoms. The molecule has 3 aromatic carbocycles. The quantitative estimate of drug-likeness (QED) is 0.392. The molecular formula is C26H24Cl3N3O5S2. The lowest BCUT2D eigenvalue weighted by atomic mass is 9.98. The fourth-order valence-electron chi connectivity index (χ4n) is 4.84. The van der Waals surface area contributed by atoms with E-state index in [-0.39, 0.29) is 45.4 Å². The van der Waals surface area contributed by atoms with E-state index in [0.29, 0.717) is 35.7 Å². The Labute approximate surface area is 242 Å². The van der Waals surface area contributed by atoms with E-state index in [4.69, 9.17) is 34.8 Å². The maximum atomic E-state index is 13.3. The molecule has 0 saturated carbocycles. The van der Waals surface area contributed by atoms with Crippen molar-refractivity contribution in [2.24, 2.45) is 5.92 Å². The van der Waals surface area contributed by atoms with E-state index in [1.54, 1.807) is 18.2 Å². The zero-order chi connectivity index (χ0) is 27.9. The van der Waals surface area contributed by atoms with Crippen molar-refractivity contribution in [1.82, 2.24) is 4.31 Å². The molecule has 8 nitrogen and oxygen atoms in total. The summed E-state index contributed by atoms with van der Waals surface area (Å²) in [5.74, 6) is -0.953. The molecule has 0 unspecified atom stereocenters. The summed E-state index contributed by atoms with van der Waals surface area (Å²) in [6.45, 7) is 0.517. The number of amides is 1. The fraction of sp³-hybridized carbons (Fsp3) is 0.269. The zero-order valence-corrected chi connectivity index (χ0v) is 24.4. The van der Waals surface area contributed by atoms with Gasteiger partial charge < -0.3 is 5.32 Å². The Kier molecular flexibility index (Phi) is 7.89. The minimum absolute atomic E-state index is 0.0149. The van der Waals surface area contributed by atoms with Crippen LogP contribution in [0, 0.1) is 5.92 Å². The number of hydrogen-bond donors (Lipinski definition) is 1. The number of benzene rings is 3. The van der Waals surface area contributed by atoms with Crippen molar-refractivity contribution in [2.75, 3.05) is 29.3 Å². The molecular weight excluding hydrogens is 605 g/mol. The lowest BCUT2D eigenvalue weighted by molar-refractivity contribution is -0.120. The average molecular weight is 629 g/mol. The Balaban J connectivity index is 1.33. The van der Waals surface area contributed by atoms with Crippen LogP contribution < -0.4 is 9.62 Å². The van der Waals surface area contributed by atoms with Gasteiger partial charge in [-0.25, -0.2) is 16.8 Å². The molecule has 1 N–H and O–H groups in total. The number of halogens is 3. The number of nitrogens with zero attached hydrogens (tertiary/aromatic N) is 2. The molecule has 3 aromatic rings. The lowest BCUT2D eigenvalue weighted by Crippen LogP contribution is -2.43. The third-order valence-corrected chi connectivity index (χ3v) is 11.5. The molecule has 2 heterocycles. The summed E-state index contributed by atoms with van der Waals surface area (Å²) in [4.78, 5) is 13.2. The average Bonchev–Trinajstić information content (AvgIpc) is 3.34. The van der Waals surface area contributed by atoms with Crippen molar-refractivity contribution in [3.63, 3.8) is 0 Å². The van der Waals surface area contributed by atoms with Gasteiger partial charge in [-0.15, -0.1) is 0 Å². The Morgan fingerprint density at radius 1 is 0.846 bits per heavy atom. The van der Waals surface area contributed by atoms with Crippen LogP contribution in [-0.4, -0.2) is 46.7 Å². The van der Waals surface area contributed by atoms with Crippen LogP contribution in [0.4, 0.5) is 11.4 Å². The Bertz CT molecular complexity index is 1650. The van der Waals surface area contributed by atoms with E-state index in [1.807, 2.05) is 0 Å². The molecule has 39 heavy (non-hydrogen) atoms. The van der Waals surface area contributed by atoms with Gasteiger partial charge in [0.05, 0.1) is 21.5 Å². The second-order valence-corrected chi connectivity index (χ2v) is 14.4. The van der Waals surface area contributed by atoms with Crippen molar-refractivity contribution in [1.29, 1.82) is 0 Å². The zero-order valence-electron chi connectivity index (χ0n) is 20.5. The van der Waals surface area contributed by atoms with Crippen LogP contribution in [0.15, 0.2) is 70.5 Å². The first-order valence-corrected chi connectivity index (χ1v) is 16.2. The van der Waals surface area contributed by atoms with Gasteiger partial charge in [0.1, 0.15) is 4.90 Å². The third-order valence-electron chi connectivity index (χ3n) is 6.87. The van der Waals surface area contributed by atoms with E-state index < -0.39 is 26.0 Å². The highest BCUT2D eigenvalue weighted by Crippen LogP contribution is 2.36. The highest BCUT2D eigenvalue weighted by molar-refractivity contribution is 7.92. The van der Waals surface area contributed by atoms with Gasteiger partial charge in [0.25, 0.3) is 10.0 Å². The summed E-state index contributed by atoms with van der Waals surface area (Å²) in [7, 11) is -7.78. The molecule has 5 rings (SSSR count). The monoisotopic (exact) mass is 627 g/mol. The first-order valence-electron chi connectivity index (χ1n) is 12.1. The van der Waals surface area contributed by atoms with Crippen LogP contribution in [0.2, 0.25) is 15.1 Å². The van der Waals surface area contributed by atoms with Crippen molar-refractivity contribution < 1.29 is 21.6 Å². The van der Waals surface area contributed by atoms with Crippen molar-refractivity contribution in [3.05, 3.63) is 81.3 Å². The molecule has 0 radical (unpaired) electrons. The molecule has 0 aromatic heterocycles. The standard InChI is InChI=1S/C26H24Cl3N3O5S2/c27-19-4-8-22(9-5-19)38(34,35)32-13-11-17-3-7-21(15-24(17)32)30-26(33)18-2-1-12-31(16-18)39(36,37)25-14-20(28)6-10-23(25)29/h3-10,14-15,18H,1-2,11-13,16H2,(H,30,33)/t18-/m1/s1. The van der Waals surface area contributed by atoms with E-state index in [0.717, 1.165) is 5.56 Å². The molecule has 1 fully saturated rings. The summed E-state index contributed by atoms with van der Waals surface area (Å²) >= 11 is 18.1. The van der Waals surface area contributed by atoms with Gasteiger partial charge in [-0.1, -0.05) is 40.9 Å². The van der Waals surface area contributed by atoms with Gasteiger partial charge in [0.15, 0.2) is 0 Å². The second kappa shape index (κ2) is 10.9. The van der Waals surface area contributed by atoms with Gasteiger partial charge in [0.2, 0.25) is 15.9 Å². The minimum atomic E-state index is -3.96. The van der Waals surface area contributed by atoms with Gasteiger partial charge >= 0.3 is 0 Å². The number of anilines is 2. The summed E-state index contributed by atoms with van der Waals surface area (Å²) in [6.07, 6.45) is 1.54. The van der Waals surface area contributed by atoms with E-state index in [1.165, 1.54) is 51.1 Å². The molecule has 1 atom stereocenters. The number of nitrogens with one attached hydrogen (secondary N) is 1. The topological polar surface area (TPSA) is 104 Å². The number of carbonyl (C=O) groups is 1. The Morgan fingerprint density at radius 3 is 2.31 bits per heavy atom. The normalized spacial score (nSPS) is 18.1. The number of sulfonamides is 2. The summed E-state index contributed by atoms with van der Waals surface area (Å²) in [5.41, 5.74) is 1.76. The van der Waals surface area contributed by atoms with Crippen LogP contribution in [0.5, 0.6) is 0 Å². The third kappa shape index (κ3) is 5.64. The van der Waals surface area contributed by atoms with E-state index >= 15 is 0 Å². The van der Waals surface area contributed by atoms with Crippen molar-refractivity contribution >= 4 is 72.1 Å². The number of fused-ring (bicyclic) bond motifs is 1. The molecule has 2 aliphatic rings. The molecule has 13 heteroatoms. The molecule has 2 aliphatic heterocycles. The largest absolute Gasteiger partial charge is 0.326 e. The summed E-state index contributed by atoms with van der Waals surface area (Å²) in [5, 5.41) is 3.58. The summed E-state index contributed by atoms with van der Waals surface area (Å²) in [6, 6.07) is 15.4. The Morgan fingerprint density at radius 2 is 1.56 bits per heavy atom. The predicted octanol–water partition coefficient (Wildman–Crippen LogP) is 5.44. The molecule has 0 bridgehead atoms. The van der Waals surface area contributed by atoms with E-state index in [9.17, 15) is 21.6 Å². The van der Waals surface area contributed by atoms with Crippen molar-refractivity contribution in [2.45, 2.75) is 29.1 Å². The van der Waals surface area contributed by atoms with E-state index in [2.05, 4.69) is 5.32 Å². The fourth-order valence-corrected chi connectivity index (χ4v) is 8.73.